The minimum atomic E-state index is -0.798. The van der Waals surface area contributed by atoms with E-state index in [-0.39, 0.29) is 6.42 Å². The van der Waals surface area contributed by atoms with E-state index in [4.69, 9.17) is 23.2 Å². The molecule has 0 aromatic heterocycles. The number of hydrogen-bond acceptors (Lipinski definition) is 1. The van der Waals surface area contributed by atoms with Gasteiger partial charge in [-0.1, -0.05) is 35.3 Å². The second-order valence-corrected chi connectivity index (χ2v) is 5.39. The second-order valence-electron chi connectivity index (χ2n) is 4.52. The van der Waals surface area contributed by atoms with Crippen molar-refractivity contribution in [1.82, 2.24) is 0 Å². The molecule has 0 amide bonds. The standard InChI is InChI=1S/C15H13Cl2FO/c1-9-4-11(6-13(17)5-9)15(19)7-10-2-3-12(16)8-14(10)18/h2-6,8,15,19H,7H2,1H3. The first kappa shape index (κ1) is 14.3. The van der Waals surface area contributed by atoms with E-state index < -0.39 is 11.9 Å². The van der Waals surface area contributed by atoms with Gasteiger partial charge in [0.05, 0.1) is 6.10 Å². The smallest absolute Gasteiger partial charge is 0.127 e. The van der Waals surface area contributed by atoms with Crippen LogP contribution in [-0.2, 0) is 6.42 Å². The number of aryl methyl sites for hydroxylation is 1. The molecule has 100 valence electrons. The number of aliphatic hydroxyl groups excluding tert-OH is 1. The molecular formula is C15H13Cl2FO. The molecule has 1 unspecified atom stereocenters. The molecule has 0 fully saturated rings. The monoisotopic (exact) mass is 298 g/mol. The molecule has 2 aromatic carbocycles. The molecule has 0 aliphatic carbocycles. The van der Waals surface area contributed by atoms with Gasteiger partial charge in [-0.05, 0) is 47.9 Å². The van der Waals surface area contributed by atoms with Crippen LogP contribution >= 0.6 is 23.2 Å². The summed E-state index contributed by atoms with van der Waals surface area (Å²) in [6.07, 6.45) is -0.615. The average molecular weight is 299 g/mol. The van der Waals surface area contributed by atoms with Crippen molar-refractivity contribution in [2.24, 2.45) is 0 Å². The molecule has 4 heteroatoms. The van der Waals surface area contributed by atoms with Crippen LogP contribution in [-0.4, -0.2) is 5.11 Å². The average Bonchev–Trinajstić information content (AvgIpc) is 2.31. The highest BCUT2D eigenvalue weighted by molar-refractivity contribution is 6.30. The highest BCUT2D eigenvalue weighted by Crippen LogP contribution is 2.25. The maximum atomic E-state index is 13.7. The van der Waals surface area contributed by atoms with Gasteiger partial charge < -0.3 is 5.11 Å². The molecule has 0 saturated heterocycles. The summed E-state index contributed by atoms with van der Waals surface area (Å²) in [6, 6.07) is 9.76. The first-order valence-corrected chi connectivity index (χ1v) is 6.60. The van der Waals surface area contributed by atoms with Gasteiger partial charge in [-0.3, -0.25) is 0 Å². The Labute approximate surface area is 121 Å². The summed E-state index contributed by atoms with van der Waals surface area (Å²) < 4.78 is 13.7. The third-order valence-corrected chi connectivity index (χ3v) is 3.33. The molecule has 0 saturated carbocycles. The lowest BCUT2D eigenvalue weighted by molar-refractivity contribution is 0.177. The summed E-state index contributed by atoms with van der Waals surface area (Å²) >= 11 is 11.6. The summed E-state index contributed by atoms with van der Waals surface area (Å²) in [5.74, 6) is -0.412. The van der Waals surface area contributed by atoms with Gasteiger partial charge in [-0.15, -0.1) is 0 Å². The fraction of sp³-hybridized carbons (Fsp3) is 0.200. The summed E-state index contributed by atoms with van der Waals surface area (Å²) in [7, 11) is 0. The van der Waals surface area contributed by atoms with Crippen LogP contribution in [0.1, 0.15) is 22.8 Å². The predicted molar refractivity (Wildman–Crippen MR) is 76.3 cm³/mol. The van der Waals surface area contributed by atoms with Gasteiger partial charge >= 0.3 is 0 Å². The van der Waals surface area contributed by atoms with E-state index in [1.807, 2.05) is 13.0 Å². The number of hydrogen-bond donors (Lipinski definition) is 1. The number of aliphatic hydroxyl groups is 1. The Kier molecular flexibility index (Phi) is 4.46. The van der Waals surface area contributed by atoms with Crippen molar-refractivity contribution in [3.05, 3.63) is 69.0 Å². The van der Waals surface area contributed by atoms with E-state index in [1.54, 1.807) is 24.3 Å². The third-order valence-electron chi connectivity index (χ3n) is 2.88. The van der Waals surface area contributed by atoms with Crippen LogP contribution < -0.4 is 0 Å². The van der Waals surface area contributed by atoms with E-state index in [9.17, 15) is 9.50 Å². The summed E-state index contributed by atoms with van der Waals surface area (Å²) in [6.45, 7) is 1.89. The van der Waals surface area contributed by atoms with Crippen LogP contribution in [0, 0.1) is 12.7 Å². The number of benzene rings is 2. The molecule has 19 heavy (non-hydrogen) atoms. The zero-order valence-electron chi connectivity index (χ0n) is 10.3. The molecule has 2 aromatic rings. The molecule has 1 atom stereocenters. The van der Waals surface area contributed by atoms with Crippen molar-refractivity contribution in [3.8, 4) is 0 Å². The Morgan fingerprint density at radius 2 is 1.84 bits per heavy atom. The Morgan fingerprint density at radius 1 is 1.11 bits per heavy atom. The van der Waals surface area contributed by atoms with Crippen molar-refractivity contribution in [1.29, 1.82) is 0 Å². The van der Waals surface area contributed by atoms with Gasteiger partial charge in [0.15, 0.2) is 0 Å². The Morgan fingerprint density at radius 3 is 2.47 bits per heavy atom. The minimum absolute atomic E-state index is 0.183. The molecule has 0 spiro atoms. The molecule has 0 heterocycles. The lowest BCUT2D eigenvalue weighted by Gasteiger charge is -2.13. The van der Waals surface area contributed by atoms with Gasteiger partial charge in [-0.25, -0.2) is 4.39 Å². The fourth-order valence-electron chi connectivity index (χ4n) is 1.97. The van der Waals surface area contributed by atoms with Crippen LogP contribution in [0.15, 0.2) is 36.4 Å². The molecule has 1 N–H and O–H groups in total. The SMILES string of the molecule is Cc1cc(Cl)cc(C(O)Cc2ccc(Cl)cc2F)c1. The highest BCUT2D eigenvalue weighted by Gasteiger charge is 2.13. The largest absolute Gasteiger partial charge is 0.388 e. The Hall–Kier alpha value is -1.09. The van der Waals surface area contributed by atoms with Crippen LogP contribution in [0.25, 0.3) is 0 Å². The van der Waals surface area contributed by atoms with Crippen LogP contribution in [0.2, 0.25) is 10.0 Å². The molecule has 1 nitrogen and oxygen atoms in total. The van der Waals surface area contributed by atoms with Crippen molar-refractivity contribution < 1.29 is 9.50 Å². The van der Waals surface area contributed by atoms with Crippen LogP contribution in [0.4, 0.5) is 4.39 Å². The van der Waals surface area contributed by atoms with Crippen molar-refractivity contribution >= 4 is 23.2 Å². The van der Waals surface area contributed by atoms with E-state index in [0.717, 1.165) is 5.56 Å². The summed E-state index contributed by atoms with van der Waals surface area (Å²) in [5, 5.41) is 11.1. The van der Waals surface area contributed by atoms with Crippen LogP contribution in [0.5, 0.6) is 0 Å². The van der Waals surface area contributed by atoms with E-state index in [2.05, 4.69) is 0 Å². The number of rotatable bonds is 3. The van der Waals surface area contributed by atoms with Crippen molar-refractivity contribution in [2.45, 2.75) is 19.4 Å². The molecule has 2 rings (SSSR count). The molecular weight excluding hydrogens is 286 g/mol. The lowest BCUT2D eigenvalue weighted by Crippen LogP contribution is -2.04. The quantitative estimate of drug-likeness (QED) is 0.869. The highest BCUT2D eigenvalue weighted by atomic mass is 35.5. The third kappa shape index (κ3) is 3.69. The minimum Gasteiger partial charge on any atom is -0.388 e. The topological polar surface area (TPSA) is 20.2 Å². The zero-order valence-corrected chi connectivity index (χ0v) is 11.8. The molecule has 0 aliphatic rings. The summed E-state index contributed by atoms with van der Waals surface area (Å²) in [4.78, 5) is 0. The van der Waals surface area contributed by atoms with Gasteiger partial charge in [0, 0.05) is 16.5 Å². The maximum absolute atomic E-state index is 13.7. The summed E-state index contributed by atoms with van der Waals surface area (Å²) in [5.41, 5.74) is 2.06. The Bertz CT molecular complexity index is 578. The van der Waals surface area contributed by atoms with Crippen molar-refractivity contribution in [3.63, 3.8) is 0 Å². The predicted octanol–water partition coefficient (Wildman–Crippen LogP) is 4.72. The molecule has 0 bridgehead atoms. The second kappa shape index (κ2) is 5.91. The molecule has 0 radical (unpaired) electrons. The number of halogens is 3. The first-order valence-electron chi connectivity index (χ1n) is 5.85. The first-order chi connectivity index (χ1) is 8.95. The van der Waals surface area contributed by atoms with Gasteiger partial charge in [-0.2, -0.15) is 0 Å². The Balaban J connectivity index is 2.22. The van der Waals surface area contributed by atoms with Gasteiger partial charge in [0.1, 0.15) is 5.82 Å². The van der Waals surface area contributed by atoms with Crippen molar-refractivity contribution in [2.75, 3.05) is 0 Å². The lowest BCUT2D eigenvalue weighted by atomic mass is 10.00. The van der Waals surface area contributed by atoms with Gasteiger partial charge in [0.25, 0.3) is 0 Å². The van der Waals surface area contributed by atoms with E-state index in [0.29, 0.717) is 21.2 Å². The van der Waals surface area contributed by atoms with E-state index >= 15 is 0 Å². The maximum Gasteiger partial charge on any atom is 0.127 e. The van der Waals surface area contributed by atoms with E-state index in [1.165, 1.54) is 6.07 Å². The van der Waals surface area contributed by atoms with Crippen LogP contribution in [0.3, 0.4) is 0 Å². The molecule has 0 aliphatic heterocycles. The zero-order chi connectivity index (χ0) is 14.0. The fourth-order valence-corrected chi connectivity index (χ4v) is 2.43. The normalized spacial score (nSPS) is 12.5. The van der Waals surface area contributed by atoms with Gasteiger partial charge in [0.2, 0.25) is 0 Å².